The molecule has 8 heteroatoms. The lowest BCUT2D eigenvalue weighted by atomic mass is 10.2. The van der Waals surface area contributed by atoms with Crippen LogP contribution in [-0.4, -0.2) is 33.6 Å². The van der Waals surface area contributed by atoms with E-state index in [2.05, 4.69) is 45.2 Å². The molecule has 1 amide bonds. The van der Waals surface area contributed by atoms with Crippen LogP contribution in [0.15, 0.2) is 10.2 Å². The van der Waals surface area contributed by atoms with Gasteiger partial charge in [0.05, 0.1) is 16.1 Å². The summed E-state index contributed by atoms with van der Waals surface area (Å²) < 4.78 is 3.55. The molecule has 0 aliphatic carbocycles. The molecule has 3 heterocycles. The van der Waals surface area contributed by atoms with Crippen LogP contribution in [0.5, 0.6) is 0 Å². The van der Waals surface area contributed by atoms with E-state index in [1.165, 1.54) is 0 Å². The number of halogens is 1. The quantitative estimate of drug-likeness (QED) is 0.786. The summed E-state index contributed by atoms with van der Waals surface area (Å²) in [6.07, 6.45) is 0. The Kier molecular flexibility index (Phi) is 2.61. The van der Waals surface area contributed by atoms with Crippen LogP contribution in [0.2, 0.25) is 0 Å². The largest absolute Gasteiger partial charge is 0.318 e. The van der Waals surface area contributed by atoms with Crippen LogP contribution in [-0.2, 0) is 6.67 Å². The molecule has 1 aromatic heterocycles. The summed E-state index contributed by atoms with van der Waals surface area (Å²) in [6, 6.07) is 0. The van der Waals surface area contributed by atoms with Gasteiger partial charge in [0.2, 0.25) is 0 Å². The summed E-state index contributed by atoms with van der Waals surface area (Å²) in [5, 5.41) is 7.80. The Hall–Kier alpha value is -1.44. The number of anilines is 1. The molecule has 0 fully saturated rings. The molecule has 0 N–H and O–H groups in total. The van der Waals surface area contributed by atoms with Gasteiger partial charge in [0.25, 0.3) is 11.9 Å². The first-order chi connectivity index (χ1) is 8.58. The van der Waals surface area contributed by atoms with E-state index in [0.717, 1.165) is 6.54 Å². The zero-order valence-corrected chi connectivity index (χ0v) is 11.8. The number of hydrogen-bond acceptors (Lipinski definition) is 5. The number of azo groups is 1. The highest BCUT2D eigenvalue weighted by atomic mass is 79.9. The highest BCUT2D eigenvalue weighted by Gasteiger charge is 2.36. The second-order valence-electron chi connectivity index (χ2n) is 4.82. The number of imidazole rings is 1. The van der Waals surface area contributed by atoms with E-state index in [1.807, 2.05) is 0 Å². The molecular formula is C10H13BrN6O. The Labute approximate surface area is 113 Å². The topological polar surface area (TPSA) is 66.1 Å². The fraction of sp³-hybridized carbons (Fsp3) is 0.600. The highest BCUT2D eigenvalue weighted by molar-refractivity contribution is 9.10. The van der Waals surface area contributed by atoms with Crippen LogP contribution in [0.1, 0.15) is 24.3 Å². The normalized spacial score (nSPS) is 17.7. The third-order valence-corrected chi connectivity index (χ3v) is 3.45. The Balaban J connectivity index is 2.01. The summed E-state index contributed by atoms with van der Waals surface area (Å²) in [5.41, 5.74) is 0.568. The van der Waals surface area contributed by atoms with Gasteiger partial charge in [0.1, 0.15) is 13.3 Å². The minimum atomic E-state index is 0.000417. The van der Waals surface area contributed by atoms with Crippen molar-refractivity contribution in [1.82, 2.24) is 14.5 Å². The maximum Gasteiger partial charge on any atom is 0.275 e. The molecule has 0 saturated heterocycles. The molecule has 2 aliphatic rings. The van der Waals surface area contributed by atoms with Gasteiger partial charge >= 0.3 is 0 Å². The predicted octanol–water partition coefficient (Wildman–Crippen LogP) is 2.12. The highest BCUT2D eigenvalue weighted by Crippen LogP contribution is 2.35. The Morgan fingerprint density at radius 1 is 1.44 bits per heavy atom. The predicted molar refractivity (Wildman–Crippen MR) is 68.9 cm³/mol. The lowest BCUT2D eigenvalue weighted by Crippen LogP contribution is -2.45. The summed E-state index contributed by atoms with van der Waals surface area (Å²) in [4.78, 5) is 18.6. The first-order valence-electron chi connectivity index (χ1n) is 5.78. The molecule has 0 saturated carbocycles. The van der Waals surface area contributed by atoms with Gasteiger partial charge in [-0.2, -0.15) is 10.1 Å². The third kappa shape index (κ3) is 1.63. The van der Waals surface area contributed by atoms with E-state index in [0.29, 0.717) is 36.7 Å². The fourth-order valence-corrected chi connectivity index (χ4v) is 2.71. The molecule has 0 atom stereocenters. The number of amides is 1. The van der Waals surface area contributed by atoms with Crippen molar-refractivity contribution in [2.75, 3.05) is 17.1 Å². The fourth-order valence-electron chi connectivity index (χ4n) is 2.19. The smallest absolute Gasteiger partial charge is 0.275 e. The molecule has 96 valence electrons. The summed E-state index contributed by atoms with van der Waals surface area (Å²) in [5.74, 6) is 1.56. The van der Waals surface area contributed by atoms with Crippen molar-refractivity contribution in [2.24, 2.45) is 16.1 Å². The molecule has 1 aromatic rings. The van der Waals surface area contributed by atoms with E-state index in [4.69, 9.17) is 0 Å². The minimum Gasteiger partial charge on any atom is -0.318 e. The van der Waals surface area contributed by atoms with Crippen molar-refractivity contribution in [2.45, 2.75) is 20.5 Å². The molecule has 0 unspecified atom stereocenters. The average Bonchev–Trinajstić information content (AvgIpc) is 2.84. The summed E-state index contributed by atoms with van der Waals surface area (Å²) >= 11 is 3.44. The van der Waals surface area contributed by atoms with Gasteiger partial charge in [0.15, 0.2) is 11.5 Å². The molecule has 18 heavy (non-hydrogen) atoms. The van der Waals surface area contributed by atoms with Gasteiger partial charge in [0, 0.05) is 6.54 Å². The van der Waals surface area contributed by atoms with Crippen LogP contribution >= 0.6 is 16.1 Å². The first-order valence-corrected chi connectivity index (χ1v) is 6.49. The SMILES string of the molecule is CC(C)CN1CN(Br)c2nc3n(c2C1=O)CN=N3. The molecule has 0 spiro atoms. The molecule has 0 aromatic carbocycles. The summed E-state index contributed by atoms with van der Waals surface area (Å²) in [6.45, 7) is 5.77. The molecule has 0 bridgehead atoms. The molecular weight excluding hydrogens is 300 g/mol. The maximum atomic E-state index is 12.5. The van der Waals surface area contributed by atoms with Crippen molar-refractivity contribution in [3.63, 3.8) is 0 Å². The standard InChI is InChI=1S/C10H13BrN6O/c1-6(2)3-15-5-17(11)8-7(9(15)18)16-4-12-14-10(16)13-8/h6H,3-5H2,1-2H3. The second kappa shape index (κ2) is 4.04. The molecule has 2 aliphatic heterocycles. The number of rotatable bonds is 2. The van der Waals surface area contributed by atoms with E-state index < -0.39 is 0 Å². The van der Waals surface area contributed by atoms with Crippen LogP contribution in [0, 0.1) is 5.92 Å². The van der Waals surface area contributed by atoms with Crippen LogP contribution in [0.3, 0.4) is 0 Å². The van der Waals surface area contributed by atoms with Crippen molar-refractivity contribution in [3.8, 4) is 0 Å². The van der Waals surface area contributed by atoms with Gasteiger partial charge in [-0.3, -0.25) is 13.3 Å². The second-order valence-corrected chi connectivity index (χ2v) is 5.68. The Morgan fingerprint density at radius 3 is 2.94 bits per heavy atom. The first kappa shape index (κ1) is 11.6. The lowest BCUT2D eigenvalue weighted by molar-refractivity contribution is 0.0721. The number of fused-ring (bicyclic) bond motifs is 3. The van der Waals surface area contributed by atoms with Crippen LogP contribution in [0.25, 0.3) is 0 Å². The van der Waals surface area contributed by atoms with Gasteiger partial charge < -0.3 is 4.90 Å². The number of aromatic nitrogens is 2. The third-order valence-electron chi connectivity index (χ3n) is 2.89. The van der Waals surface area contributed by atoms with Crippen molar-refractivity contribution >= 4 is 33.8 Å². The maximum absolute atomic E-state index is 12.5. The lowest BCUT2D eigenvalue weighted by Gasteiger charge is -2.32. The molecule has 0 radical (unpaired) electrons. The van der Waals surface area contributed by atoms with E-state index >= 15 is 0 Å². The van der Waals surface area contributed by atoms with Gasteiger partial charge in [-0.1, -0.05) is 13.8 Å². The number of hydrogen-bond donors (Lipinski definition) is 0. The van der Waals surface area contributed by atoms with Crippen LogP contribution < -0.4 is 3.93 Å². The van der Waals surface area contributed by atoms with Gasteiger partial charge in [-0.05, 0) is 5.92 Å². The molecule has 3 rings (SSSR count). The number of nitrogens with zero attached hydrogens (tertiary/aromatic N) is 6. The van der Waals surface area contributed by atoms with Gasteiger partial charge in [-0.25, -0.2) is 0 Å². The van der Waals surface area contributed by atoms with E-state index in [1.54, 1.807) is 13.4 Å². The zero-order chi connectivity index (χ0) is 12.9. The van der Waals surface area contributed by atoms with Crippen LogP contribution in [0.4, 0.5) is 11.8 Å². The monoisotopic (exact) mass is 312 g/mol. The van der Waals surface area contributed by atoms with Crippen molar-refractivity contribution in [1.29, 1.82) is 0 Å². The number of carbonyl (C=O) groups excluding carboxylic acids is 1. The van der Waals surface area contributed by atoms with E-state index in [9.17, 15) is 4.79 Å². The van der Waals surface area contributed by atoms with Gasteiger partial charge in [-0.15, -0.1) is 5.11 Å². The Morgan fingerprint density at radius 2 is 2.22 bits per heavy atom. The Bertz CT molecular complexity index is 537. The van der Waals surface area contributed by atoms with E-state index in [-0.39, 0.29) is 5.91 Å². The summed E-state index contributed by atoms with van der Waals surface area (Å²) in [7, 11) is 0. The minimum absolute atomic E-state index is 0.000417. The number of carbonyl (C=O) groups is 1. The molecule has 7 nitrogen and oxygen atoms in total. The van der Waals surface area contributed by atoms with Crippen molar-refractivity contribution < 1.29 is 4.79 Å². The zero-order valence-electron chi connectivity index (χ0n) is 10.2. The van der Waals surface area contributed by atoms with Crippen molar-refractivity contribution in [3.05, 3.63) is 5.69 Å². The average molecular weight is 313 g/mol.